The molecule has 0 saturated carbocycles. The molecule has 1 rings (SSSR count). The SMILES string of the molecule is COc1cccc(F)c1C(O)CCN(CC(C)C)C(C)C. The average molecular weight is 297 g/mol. The third-order valence-corrected chi connectivity index (χ3v) is 3.59. The van der Waals surface area contributed by atoms with Crippen molar-refractivity contribution < 1.29 is 14.2 Å². The van der Waals surface area contributed by atoms with Crippen LogP contribution in [0.2, 0.25) is 0 Å². The first-order chi connectivity index (χ1) is 9.86. The molecule has 0 saturated heterocycles. The number of ether oxygens (including phenoxy) is 1. The molecule has 0 bridgehead atoms. The molecule has 1 aromatic rings. The summed E-state index contributed by atoms with van der Waals surface area (Å²) in [5, 5.41) is 10.3. The van der Waals surface area contributed by atoms with Crippen LogP contribution in [0.1, 0.15) is 45.8 Å². The predicted octanol–water partition coefficient (Wildman–Crippen LogP) is 3.62. The van der Waals surface area contributed by atoms with E-state index in [0.717, 1.165) is 13.1 Å². The smallest absolute Gasteiger partial charge is 0.132 e. The normalized spacial score (nSPS) is 13.2. The number of benzene rings is 1. The molecule has 120 valence electrons. The van der Waals surface area contributed by atoms with Crippen LogP contribution in [0.4, 0.5) is 4.39 Å². The van der Waals surface area contributed by atoms with Crippen molar-refractivity contribution in [1.29, 1.82) is 0 Å². The minimum absolute atomic E-state index is 0.258. The molecule has 4 heteroatoms. The Morgan fingerprint density at radius 3 is 2.43 bits per heavy atom. The number of aliphatic hydroxyl groups is 1. The second-order valence-electron chi connectivity index (χ2n) is 6.14. The molecule has 21 heavy (non-hydrogen) atoms. The van der Waals surface area contributed by atoms with Crippen molar-refractivity contribution in [3.63, 3.8) is 0 Å². The van der Waals surface area contributed by atoms with Gasteiger partial charge >= 0.3 is 0 Å². The highest BCUT2D eigenvalue weighted by Crippen LogP contribution is 2.30. The third-order valence-electron chi connectivity index (χ3n) is 3.59. The molecule has 0 aliphatic rings. The first-order valence-corrected chi connectivity index (χ1v) is 7.61. The van der Waals surface area contributed by atoms with E-state index in [0.29, 0.717) is 24.1 Å². The number of hydrogen-bond acceptors (Lipinski definition) is 3. The zero-order chi connectivity index (χ0) is 16.0. The van der Waals surface area contributed by atoms with Gasteiger partial charge in [0.25, 0.3) is 0 Å². The van der Waals surface area contributed by atoms with Crippen LogP contribution in [-0.4, -0.2) is 36.2 Å². The summed E-state index contributed by atoms with van der Waals surface area (Å²) in [6.07, 6.45) is -0.364. The summed E-state index contributed by atoms with van der Waals surface area (Å²) in [5.74, 6) is 0.553. The number of halogens is 1. The lowest BCUT2D eigenvalue weighted by Crippen LogP contribution is -2.35. The molecule has 0 radical (unpaired) electrons. The molecule has 0 fully saturated rings. The highest BCUT2D eigenvalue weighted by molar-refractivity contribution is 5.36. The minimum atomic E-state index is -0.852. The van der Waals surface area contributed by atoms with E-state index in [1.807, 2.05) is 0 Å². The van der Waals surface area contributed by atoms with Gasteiger partial charge in [-0.15, -0.1) is 0 Å². The second kappa shape index (κ2) is 8.35. The summed E-state index contributed by atoms with van der Waals surface area (Å²) >= 11 is 0. The van der Waals surface area contributed by atoms with Gasteiger partial charge in [-0.2, -0.15) is 0 Å². The first kappa shape index (κ1) is 17.9. The number of methoxy groups -OCH3 is 1. The lowest BCUT2D eigenvalue weighted by molar-refractivity contribution is 0.118. The van der Waals surface area contributed by atoms with Crippen LogP contribution in [0.25, 0.3) is 0 Å². The van der Waals surface area contributed by atoms with Crippen molar-refractivity contribution in [3.8, 4) is 5.75 Å². The first-order valence-electron chi connectivity index (χ1n) is 7.61. The van der Waals surface area contributed by atoms with Gasteiger partial charge in [0.1, 0.15) is 11.6 Å². The molecule has 0 amide bonds. The van der Waals surface area contributed by atoms with Gasteiger partial charge in [0.05, 0.1) is 18.8 Å². The van der Waals surface area contributed by atoms with Gasteiger partial charge in [0, 0.05) is 19.1 Å². The Labute approximate surface area is 127 Å². The van der Waals surface area contributed by atoms with Crippen LogP contribution >= 0.6 is 0 Å². The Balaban J connectivity index is 2.74. The molecule has 0 aliphatic heterocycles. The van der Waals surface area contributed by atoms with Gasteiger partial charge in [-0.3, -0.25) is 0 Å². The van der Waals surface area contributed by atoms with Crippen LogP contribution in [0, 0.1) is 11.7 Å². The largest absolute Gasteiger partial charge is 0.496 e. The van der Waals surface area contributed by atoms with Crippen LogP contribution in [0.15, 0.2) is 18.2 Å². The molecule has 1 atom stereocenters. The van der Waals surface area contributed by atoms with Crippen molar-refractivity contribution in [2.45, 2.75) is 46.3 Å². The van der Waals surface area contributed by atoms with E-state index in [1.54, 1.807) is 12.1 Å². The van der Waals surface area contributed by atoms with Gasteiger partial charge in [0.15, 0.2) is 0 Å². The van der Waals surface area contributed by atoms with E-state index in [-0.39, 0.29) is 5.56 Å². The topological polar surface area (TPSA) is 32.7 Å². The lowest BCUT2D eigenvalue weighted by Gasteiger charge is -2.29. The van der Waals surface area contributed by atoms with Crippen molar-refractivity contribution in [2.24, 2.45) is 5.92 Å². The molecule has 1 unspecified atom stereocenters. The van der Waals surface area contributed by atoms with Gasteiger partial charge in [0.2, 0.25) is 0 Å². The number of hydrogen-bond donors (Lipinski definition) is 1. The summed E-state index contributed by atoms with van der Waals surface area (Å²) in [6, 6.07) is 5.02. The van der Waals surface area contributed by atoms with Gasteiger partial charge in [-0.1, -0.05) is 19.9 Å². The van der Waals surface area contributed by atoms with E-state index in [1.165, 1.54) is 13.2 Å². The molecule has 1 N–H and O–H groups in total. The quantitative estimate of drug-likeness (QED) is 0.795. The van der Waals surface area contributed by atoms with Crippen molar-refractivity contribution in [1.82, 2.24) is 4.90 Å². The fourth-order valence-electron chi connectivity index (χ4n) is 2.48. The molecular formula is C17H28FNO2. The van der Waals surface area contributed by atoms with Crippen molar-refractivity contribution in [3.05, 3.63) is 29.6 Å². The fraction of sp³-hybridized carbons (Fsp3) is 0.647. The summed E-state index contributed by atoms with van der Waals surface area (Å²) in [7, 11) is 1.49. The molecule has 0 aliphatic carbocycles. The Morgan fingerprint density at radius 1 is 1.24 bits per heavy atom. The van der Waals surface area contributed by atoms with E-state index >= 15 is 0 Å². The minimum Gasteiger partial charge on any atom is -0.496 e. The van der Waals surface area contributed by atoms with Gasteiger partial charge < -0.3 is 14.7 Å². The van der Waals surface area contributed by atoms with Gasteiger partial charge in [-0.05, 0) is 38.3 Å². The van der Waals surface area contributed by atoms with Crippen LogP contribution in [-0.2, 0) is 0 Å². The monoisotopic (exact) mass is 297 g/mol. The third kappa shape index (κ3) is 5.29. The second-order valence-corrected chi connectivity index (χ2v) is 6.14. The molecule has 0 aromatic heterocycles. The maximum atomic E-state index is 13.9. The molecule has 3 nitrogen and oxygen atoms in total. The lowest BCUT2D eigenvalue weighted by atomic mass is 10.0. The summed E-state index contributed by atoms with van der Waals surface area (Å²) in [4.78, 5) is 2.31. The molecule has 0 spiro atoms. The maximum Gasteiger partial charge on any atom is 0.132 e. The van der Waals surface area contributed by atoms with Crippen LogP contribution in [0.5, 0.6) is 5.75 Å². The van der Waals surface area contributed by atoms with Gasteiger partial charge in [-0.25, -0.2) is 4.39 Å². The Kier molecular flexibility index (Phi) is 7.12. The van der Waals surface area contributed by atoms with E-state index in [9.17, 15) is 9.50 Å². The fourth-order valence-corrected chi connectivity index (χ4v) is 2.48. The summed E-state index contributed by atoms with van der Waals surface area (Å²) < 4.78 is 19.1. The highest BCUT2D eigenvalue weighted by atomic mass is 19.1. The number of aliphatic hydroxyl groups excluding tert-OH is 1. The van der Waals surface area contributed by atoms with E-state index < -0.39 is 11.9 Å². The van der Waals surface area contributed by atoms with Crippen LogP contribution in [0.3, 0.4) is 0 Å². The zero-order valence-electron chi connectivity index (χ0n) is 13.8. The number of rotatable bonds is 8. The Bertz CT molecular complexity index is 435. The highest BCUT2D eigenvalue weighted by Gasteiger charge is 2.20. The standard InChI is InChI=1S/C17H28FNO2/c1-12(2)11-19(13(3)4)10-9-15(20)17-14(18)7-6-8-16(17)21-5/h6-8,12-13,15,20H,9-11H2,1-5H3. The van der Waals surface area contributed by atoms with E-state index in [4.69, 9.17) is 4.74 Å². The Morgan fingerprint density at radius 2 is 1.90 bits per heavy atom. The molecule has 0 heterocycles. The van der Waals surface area contributed by atoms with E-state index in [2.05, 4.69) is 32.6 Å². The number of nitrogens with zero attached hydrogens (tertiary/aromatic N) is 1. The maximum absolute atomic E-state index is 13.9. The predicted molar refractivity (Wildman–Crippen MR) is 84.1 cm³/mol. The summed E-state index contributed by atoms with van der Waals surface area (Å²) in [6.45, 7) is 10.3. The summed E-state index contributed by atoms with van der Waals surface area (Å²) in [5.41, 5.74) is 0.258. The average Bonchev–Trinajstić information content (AvgIpc) is 2.41. The van der Waals surface area contributed by atoms with Crippen LogP contribution < -0.4 is 4.74 Å². The Hall–Kier alpha value is -1.13. The van der Waals surface area contributed by atoms with Crippen molar-refractivity contribution in [2.75, 3.05) is 20.2 Å². The molecule has 1 aromatic carbocycles. The molecular weight excluding hydrogens is 269 g/mol. The van der Waals surface area contributed by atoms with Crippen molar-refractivity contribution >= 4 is 0 Å². The zero-order valence-corrected chi connectivity index (χ0v) is 13.8.